The zero-order valence-corrected chi connectivity index (χ0v) is 10.9. The van der Waals surface area contributed by atoms with E-state index in [0.717, 1.165) is 19.1 Å². The van der Waals surface area contributed by atoms with Crippen LogP contribution in [0.15, 0.2) is 4.99 Å². The Balaban J connectivity index is 1.89. The molecule has 0 unspecified atom stereocenters. The van der Waals surface area contributed by atoms with E-state index < -0.39 is 0 Å². The second kappa shape index (κ2) is 6.24. The Kier molecular flexibility index (Phi) is 4.66. The van der Waals surface area contributed by atoms with Crippen molar-refractivity contribution in [3.63, 3.8) is 0 Å². The van der Waals surface area contributed by atoms with E-state index in [-0.39, 0.29) is 0 Å². The summed E-state index contributed by atoms with van der Waals surface area (Å²) in [5.74, 6) is 0.747. The second-order valence-corrected chi connectivity index (χ2v) is 5.20. The van der Waals surface area contributed by atoms with Gasteiger partial charge in [-0.15, -0.1) is 0 Å². The van der Waals surface area contributed by atoms with Crippen LogP contribution in [0.25, 0.3) is 0 Å². The minimum atomic E-state index is 0.465. The molecule has 0 atom stereocenters. The second-order valence-electron chi connectivity index (χ2n) is 5.20. The third kappa shape index (κ3) is 3.87. The first kappa shape index (κ1) is 12.7. The number of nitrogens with two attached hydrogens (primary N) is 1. The lowest BCUT2D eigenvalue weighted by molar-refractivity contribution is 0.173. The first-order valence-electron chi connectivity index (χ1n) is 6.90. The maximum absolute atomic E-state index is 6.15. The summed E-state index contributed by atoms with van der Waals surface area (Å²) in [7, 11) is 1.74. The van der Waals surface area contributed by atoms with E-state index in [1.54, 1.807) is 7.11 Å². The van der Waals surface area contributed by atoms with Crippen molar-refractivity contribution < 1.29 is 4.74 Å². The maximum Gasteiger partial charge on any atom is 0.191 e. The summed E-state index contributed by atoms with van der Waals surface area (Å²) in [4.78, 5) is 6.95. The normalized spacial score (nSPS) is 22.8. The molecule has 0 radical (unpaired) electrons. The van der Waals surface area contributed by atoms with Gasteiger partial charge in [0.05, 0.1) is 12.6 Å². The Morgan fingerprint density at radius 2 is 1.94 bits per heavy atom. The zero-order valence-electron chi connectivity index (χ0n) is 10.9. The Hall–Kier alpha value is -0.770. The third-order valence-corrected chi connectivity index (χ3v) is 3.71. The molecule has 4 heteroatoms. The molecule has 0 aliphatic heterocycles. The highest BCUT2D eigenvalue weighted by Gasteiger charge is 2.30. The predicted molar refractivity (Wildman–Crippen MR) is 70.1 cm³/mol. The predicted octanol–water partition coefficient (Wildman–Crippen LogP) is 1.74. The largest absolute Gasteiger partial charge is 0.383 e. The summed E-state index contributed by atoms with van der Waals surface area (Å²) in [6.45, 7) is 1.61. The van der Waals surface area contributed by atoms with Crippen molar-refractivity contribution in [2.24, 2.45) is 10.7 Å². The van der Waals surface area contributed by atoms with Gasteiger partial charge in [0.1, 0.15) is 0 Å². The number of hydrogen-bond acceptors (Lipinski definition) is 2. The highest BCUT2D eigenvalue weighted by molar-refractivity contribution is 5.79. The molecule has 0 aromatic carbocycles. The van der Waals surface area contributed by atoms with Gasteiger partial charge in [0.25, 0.3) is 0 Å². The molecule has 2 aliphatic rings. The summed E-state index contributed by atoms with van der Waals surface area (Å²) >= 11 is 0. The van der Waals surface area contributed by atoms with Gasteiger partial charge in [0, 0.05) is 19.7 Å². The smallest absolute Gasteiger partial charge is 0.191 e. The molecule has 0 aromatic heterocycles. The molecule has 98 valence electrons. The average molecular weight is 239 g/mol. The standard InChI is InChI=1S/C13H25N3O/c1-17-10-9-16(12-7-8-12)13(14)15-11-5-3-2-4-6-11/h11-12H,2-10H2,1H3,(H2,14,15). The quantitative estimate of drug-likeness (QED) is 0.587. The van der Waals surface area contributed by atoms with Gasteiger partial charge in [-0.25, -0.2) is 4.99 Å². The molecule has 0 saturated heterocycles. The van der Waals surface area contributed by atoms with Crippen LogP contribution in [0.3, 0.4) is 0 Å². The van der Waals surface area contributed by atoms with Crippen molar-refractivity contribution in [1.29, 1.82) is 0 Å². The van der Waals surface area contributed by atoms with Crippen molar-refractivity contribution in [2.75, 3.05) is 20.3 Å². The lowest BCUT2D eigenvalue weighted by atomic mass is 9.96. The Morgan fingerprint density at radius 1 is 1.24 bits per heavy atom. The molecular weight excluding hydrogens is 214 g/mol. The molecule has 4 nitrogen and oxygen atoms in total. The van der Waals surface area contributed by atoms with E-state index in [1.165, 1.54) is 44.9 Å². The third-order valence-electron chi connectivity index (χ3n) is 3.71. The van der Waals surface area contributed by atoms with Gasteiger partial charge in [0.15, 0.2) is 5.96 Å². The number of guanidine groups is 1. The summed E-state index contributed by atoms with van der Waals surface area (Å²) in [5.41, 5.74) is 6.15. The van der Waals surface area contributed by atoms with Gasteiger partial charge in [0.2, 0.25) is 0 Å². The Morgan fingerprint density at radius 3 is 2.53 bits per heavy atom. The van der Waals surface area contributed by atoms with E-state index in [2.05, 4.69) is 4.90 Å². The van der Waals surface area contributed by atoms with Crippen LogP contribution in [0, 0.1) is 0 Å². The highest BCUT2D eigenvalue weighted by Crippen LogP contribution is 2.27. The summed E-state index contributed by atoms with van der Waals surface area (Å²) in [6.07, 6.45) is 8.91. The van der Waals surface area contributed by atoms with Crippen molar-refractivity contribution in [1.82, 2.24) is 4.90 Å². The first-order chi connectivity index (χ1) is 8.31. The molecule has 2 N–H and O–H groups in total. The van der Waals surface area contributed by atoms with E-state index in [0.29, 0.717) is 12.1 Å². The van der Waals surface area contributed by atoms with Crippen LogP contribution in [0.5, 0.6) is 0 Å². The monoisotopic (exact) mass is 239 g/mol. The van der Waals surface area contributed by atoms with Crippen molar-refractivity contribution >= 4 is 5.96 Å². The molecule has 2 aliphatic carbocycles. The number of methoxy groups -OCH3 is 1. The molecule has 2 fully saturated rings. The van der Waals surface area contributed by atoms with Crippen molar-refractivity contribution in [3.05, 3.63) is 0 Å². The van der Waals surface area contributed by atoms with Crippen molar-refractivity contribution in [2.45, 2.75) is 57.0 Å². The molecule has 0 heterocycles. The van der Waals surface area contributed by atoms with Crippen LogP contribution in [0.2, 0.25) is 0 Å². The lowest BCUT2D eigenvalue weighted by Gasteiger charge is -2.25. The van der Waals surface area contributed by atoms with Gasteiger partial charge in [-0.1, -0.05) is 19.3 Å². The van der Waals surface area contributed by atoms with Crippen LogP contribution >= 0.6 is 0 Å². The number of aliphatic imine (C=N–C) groups is 1. The highest BCUT2D eigenvalue weighted by atomic mass is 16.5. The number of rotatable bonds is 5. The minimum Gasteiger partial charge on any atom is -0.383 e. The molecular formula is C13H25N3O. The molecule has 0 bridgehead atoms. The number of nitrogens with zero attached hydrogens (tertiary/aromatic N) is 2. The topological polar surface area (TPSA) is 50.9 Å². The van der Waals surface area contributed by atoms with Gasteiger partial charge in [-0.2, -0.15) is 0 Å². The van der Waals surface area contributed by atoms with Crippen LogP contribution in [-0.4, -0.2) is 43.2 Å². The van der Waals surface area contributed by atoms with Crippen molar-refractivity contribution in [3.8, 4) is 0 Å². The molecule has 2 rings (SSSR count). The fourth-order valence-corrected chi connectivity index (χ4v) is 2.53. The van der Waals surface area contributed by atoms with Gasteiger partial charge in [-0.05, 0) is 25.7 Å². The maximum atomic E-state index is 6.15. The zero-order chi connectivity index (χ0) is 12.1. The molecule has 17 heavy (non-hydrogen) atoms. The Labute approximate surface area is 104 Å². The van der Waals surface area contributed by atoms with E-state index in [4.69, 9.17) is 15.5 Å². The average Bonchev–Trinajstić information content (AvgIpc) is 3.15. The fraction of sp³-hybridized carbons (Fsp3) is 0.923. The SMILES string of the molecule is COCCN(C(N)=NC1CCCCC1)C1CC1. The summed E-state index contributed by atoms with van der Waals surface area (Å²) in [5, 5.41) is 0. The summed E-state index contributed by atoms with van der Waals surface area (Å²) in [6, 6.07) is 1.09. The lowest BCUT2D eigenvalue weighted by Crippen LogP contribution is -2.42. The Bertz CT molecular complexity index is 257. The fourth-order valence-electron chi connectivity index (χ4n) is 2.53. The molecule has 0 amide bonds. The van der Waals surface area contributed by atoms with Gasteiger partial charge < -0.3 is 15.4 Å². The number of ether oxygens (including phenoxy) is 1. The minimum absolute atomic E-state index is 0.465. The van der Waals surface area contributed by atoms with Crippen LogP contribution in [0.4, 0.5) is 0 Å². The molecule has 0 aromatic rings. The van der Waals surface area contributed by atoms with Gasteiger partial charge >= 0.3 is 0 Å². The van der Waals surface area contributed by atoms with Crippen LogP contribution in [-0.2, 0) is 4.74 Å². The van der Waals surface area contributed by atoms with E-state index >= 15 is 0 Å². The van der Waals surface area contributed by atoms with Crippen LogP contribution in [0.1, 0.15) is 44.9 Å². The molecule has 0 spiro atoms. The first-order valence-corrected chi connectivity index (χ1v) is 6.90. The number of hydrogen-bond donors (Lipinski definition) is 1. The van der Waals surface area contributed by atoms with Gasteiger partial charge in [-0.3, -0.25) is 0 Å². The van der Waals surface area contributed by atoms with Crippen LogP contribution < -0.4 is 5.73 Å². The summed E-state index contributed by atoms with van der Waals surface area (Å²) < 4.78 is 5.14. The molecule has 2 saturated carbocycles. The van der Waals surface area contributed by atoms with E-state index in [1.807, 2.05) is 0 Å². The van der Waals surface area contributed by atoms with E-state index in [9.17, 15) is 0 Å².